The first-order chi connectivity index (χ1) is 11.8. The van der Waals surface area contributed by atoms with E-state index < -0.39 is 11.9 Å². The summed E-state index contributed by atoms with van der Waals surface area (Å²) < 4.78 is 1.47. The second kappa shape index (κ2) is 7.26. The van der Waals surface area contributed by atoms with E-state index >= 15 is 0 Å². The number of anilines is 1. The second-order valence-electron chi connectivity index (χ2n) is 5.41. The van der Waals surface area contributed by atoms with Gasteiger partial charge in [0.2, 0.25) is 0 Å². The van der Waals surface area contributed by atoms with Crippen molar-refractivity contribution in [2.45, 2.75) is 25.3 Å². The predicted octanol–water partition coefficient (Wildman–Crippen LogP) is 2.31. The van der Waals surface area contributed by atoms with Crippen molar-refractivity contribution >= 4 is 66.1 Å². The third-order valence-electron chi connectivity index (χ3n) is 3.66. The van der Waals surface area contributed by atoms with Gasteiger partial charge in [-0.25, -0.2) is 9.78 Å². The van der Waals surface area contributed by atoms with E-state index in [2.05, 4.69) is 52.5 Å². The van der Waals surface area contributed by atoms with Crippen molar-refractivity contribution in [2.24, 2.45) is 0 Å². The Morgan fingerprint density at radius 2 is 2.12 bits per heavy atom. The molecule has 1 aliphatic rings. The molecule has 11 heteroatoms. The van der Waals surface area contributed by atoms with Crippen LogP contribution in [0.15, 0.2) is 15.1 Å². The lowest BCUT2D eigenvalue weighted by atomic mass is 9.97. The molecule has 132 valence electrons. The third kappa shape index (κ3) is 4.10. The number of hydrogen-bond acceptors (Lipinski definition) is 5. The molecule has 0 saturated carbocycles. The Kier molecular flexibility index (Phi) is 5.25. The molecular formula is C14H12Br2N4O4S. The fourth-order valence-corrected chi connectivity index (χ4v) is 4.23. The summed E-state index contributed by atoms with van der Waals surface area (Å²) in [5, 5.41) is 14.1. The Labute approximate surface area is 162 Å². The number of carbonyl (C=O) groups is 3. The highest BCUT2D eigenvalue weighted by molar-refractivity contribution is 9.13. The van der Waals surface area contributed by atoms with Crippen molar-refractivity contribution in [3.05, 3.63) is 31.4 Å². The molecular weight excluding hydrogens is 480 g/mol. The predicted molar refractivity (Wildman–Crippen MR) is 97.9 cm³/mol. The van der Waals surface area contributed by atoms with Crippen LogP contribution in [0.2, 0.25) is 0 Å². The Bertz CT molecular complexity index is 844. The molecule has 8 nitrogen and oxygen atoms in total. The second-order valence-corrected chi connectivity index (χ2v) is 8.14. The third-order valence-corrected chi connectivity index (χ3v) is 6.48. The first kappa shape index (κ1) is 18.1. The van der Waals surface area contributed by atoms with Gasteiger partial charge in [0.15, 0.2) is 5.13 Å². The van der Waals surface area contributed by atoms with Gasteiger partial charge in [-0.05, 0) is 50.8 Å². The fraction of sp³-hybridized carbons (Fsp3) is 0.286. The molecule has 0 bridgehead atoms. The number of carbonyl (C=O) groups excluding carboxylic acids is 2. The number of aromatic amines is 1. The highest BCUT2D eigenvalue weighted by Crippen LogP contribution is 2.30. The molecule has 0 unspecified atom stereocenters. The normalized spacial score (nSPS) is 16.2. The number of H-pyrrole nitrogens is 1. The van der Waals surface area contributed by atoms with Crippen LogP contribution >= 0.6 is 43.2 Å². The summed E-state index contributed by atoms with van der Waals surface area (Å²) >= 11 is 7.85. The first-order valence-corrected chi connectivity index (χ1v) is 9.61. The molecule has 0 spiro atoms. The molecule has 2 amide bonds. The number of aliphatic carboxylic acids is 1. The Hall–Kier alpha value is -1.72. The SMILES string of the molecule is O=C(O)C(=O)Nc1nc2c(s1)C[C@@H](NC(=O)c1cc(Br)c(Br)[nH]1)CC2. The number of nitrogens with one attached hydrogen (secondary N) is 3. The zero-order chi connectivity index (χ0) is 18.1. The molecule has 2 heterocycles. The first-order valence-electron chi connectivity index (χ1n) is 7.21. The molecule has 2 aromatic rings. The van der Waals surface area contributed by atoms with Gasteiger partial charge in [0.05, 0.1) is 14.8 Å². The quantitative estimate of drug-likeness (QED) is 0.490. The Balaban J connectivity index is 1.65. The van der Waals surface area contributed by atoms with Crippen LogP contribution in [-0.4, -0.2) is 38.9 Å². The minimum atomic E-state index is -1.55. The van der Waals surface area contributed by atoms with Crippen LogP contribution in [0.5, 0.6) is 0 Å². The Morgan fingerprint density at radius 3 is 2.76 bits per heavy atom. The van der Waals surface area contributed by atoms with E-state index in [4.69, 9.17) is 5.11 Å². The van der Waals surface area contributed by atoms with Crippen molar-refractivity contribution in [1.29, 1.82) is 0 Å². The van der Waals surface area contributed by atoms with E-state index in [1.165, 1.54) is 11.3 Å². The summed E-state index contributed by atoms with van der Waals surface area (Å²) in [7, 11) is 0. The summed E-state index contributed by atoms with van der Waals surface area (Å²) in [6, 6.07) is 1.64. The Morgan fingerprint density at radius 1 is 1.36 bits per heavy atom. The van der Waals surface area contributed by atoms with Crippen LogP contribution < -0.4 is 10.6 Å². The standard InChI is InChI=1S/C14H12Br2N4O4S/c15-6-4-8(18-10(6)16)11(21)17-5-1-2-7-9(3-5)25-14(19-7)20-12(22)13(23)24/h4-5,18H,1-3H2,(H,17,21)(H,23,24)(H,19,20,22)/t5-/m0/s1. The number of aryl methyl sites for hydroxylation is 1. The lowest BCUT2D eigenvalue weighted by Crippen LogP contribution is -2.38. The van der Waals surface area contributed by atoms with Gasteiger partial charge < -0.3 is 15.4 Å². The molecule has 3 rings (SSSR count). The summed E-state index contributed by atoms with van der Waals surface area (Å²) in [4.78, 5) is 42.2. The number of nitrogens with zero attached hydrogens (tertiary/aromatic N) is 1. The molecule has 0 saturated heterocycles. The van der Waals surface area contributed by atoms with Crippen LogP contribution in [0.3, 0.4) is 0 Å². The molecule has 0 aliphatic heterocycles. The highest BCUT2D eigenvalue weighted by Gasteiger charge is 2.25. The lowest BCUT2D eigenvalue weighted by Gasteiger charge is -2.22. The van der Waals surface area contributed by atoms with Gasteiger partial charge in [0.25, 0.3) is 5.91 Å². The number of carboxylic acid groups (broad SMARTS) is 1. The molecule has 0 radical (unpaired) electrons. The van der Waals surface area contributed by atoms with Gasteiger partial charge in [0, 0.05) is 17.3 Å². The van der Waals surface area contributed by atoms with Gasteiger partial charge in [-0.3, -0.25) is 14.9 Å². The summed E-state index contributed by atoms with van der Waals surface area (Å²) in [5.41, 5.74) is 1.28. The number of hydrogen-bond donors (Lipinski definition) is 4. The van der Waals surface area contributed by atoms with E-state index in [-0.39, 0.29) is 17.1 Å². The number of carboxylic acids is 1. The summed E-state index contributed by atoms with van der Waals surface area (Å²) in [6.45, 7) is 0. The van der Waals surface area contributed by atoms with Gasteiger partial charge in [0.1, 0.15) is 5.69 Å². The zero-order valence-corrected chi connectivity index (χ0v) is 16.5. The minimum absolute atomic E-state index is 0.0515. The van der Waals surface area contributed by atoms with Crippen LogP contribution in [0.4, 0.5) is 5.13 Å². The van der Waals surface area contributed by atoms with E-state index in [0.717, 1.165) is 21.5 Å². The molecule has 2 aromatic heterocycles. The van der Waals surface area contributed by atoms with Crippen LogP contribution in [0.25, 0.3) is 0 Å². The molecule has 4 N–H and O–H groups in total. The fourth-order valence-electron chi connectivity index (χ4n) is 2.49. The summed E-state index contributed by atoms with van der Waals surface area (Å²) in [5.74, 6) is -2.87. The van der Waals surface area contributed by atoms with Gasteiger partial charge in [-0.15, -0.1) is 11.3 Å². The lowest BCUT2D eigenvalue weighted by molar-refractivity contribution is -0.147. The topological polar surface area (TPSA) is 124 Å². The number of amides is 2. The maximum absolute atomic E-state index is 12.3. The van der Waals surface area contributed by atoms with Crippen molar-refractivity contribution in [1.82, 2.24) is 15.3 Å². The van der Waals surface area contributed by atoms with E-state index in [0.29, 0.717) is 23.1 Å². The maximum atomic E-state index is 12.3. The number of rotatable bonds is 3. The zero-order valence-electron chi connectivity index (χ0n) is 12.6. The van der Waals surface area contributed by atoms with Crippen LogP contribution in [0, 0.1) is 0 Å². The van der Waals surface area contributed by atoms with Gasteiger partial charge in [-0.1, -0.05) is 0 Å². The van der Waals surface area contributed by atoms with Crippen LogP contribution in [-0.2, 0) is 22.4 Å². The number of halogens is 2. The number of thiazole rings is 1. The van der Waals surface area contributed by atoms with Crippen molar-refractivity contribution in [2.75, 3.05) is 5.32 Å². The molecule has 1 atom stereocenters. The maximum Gasteiger partial charge on any atom is 0.394 e. The smallest absolute Gasteiger partial charge is 0.394 e. The van der Waals surface area contributed by atoms with E-state index in [9.17, 15) is 14.4 Å². The van der Waals surface area contributed by atoms with Crippen molar-refractivity contribution in [3.63, 3.8) is 0 Å². The highest BCUT2D eigenvalue weighted by atomic mass is 79.9. The van der Waals surface area contributed by atoms with E-state index in [1.807, 2.05) is 0 Å². The number of fused-ring (bicyclic) bond motifs is 1. The molecule has 0 fully saturated rings. The molecule has 0 aromatic carbocycles. The molecule has 1 aliphatic carbocycles. The minimum Gasteiger partial charge on any atom is -0.474 e. The largest absolute Gasteiger partial charge is 0.474 e. The monoisotopic (exact) mass is 490 g/mol. The van der Waals surface area contributed by atoms with Crippen LogP contribution in [0.1, 0.15) is 27.5 Å². The van der Waals surface area contributed by atoms with Gasteiger partial charge >= 0.3 is 11.9 Å². The average molecular weight is 492 g/mol. The van der Waals surface area contributed by atoms with Crippen molar-refractivity contribution < 1.29 is 19.5 Å². The molecule has 25 heavy (non-hydrogen) atoms. The number of aromatic nitrogens is 2. The van der Waals surface area contributed by atoms with Crippen molar-refractivity contribution in [3.8, 4) is 0 Å². The summed E-state index contributed by atoms with van der Waals surface area (Å²) in [6.07, 6.45) is 1.96. The average Bonchev–Trinajstić information content (AvgIpc) is 3.09. The van der Waals surface area contributed by atoms with Gasteiger partial charge in [-0.2, -0.15) is 0 Å². The van der Waals surface area contributed by atoms with E-state index in [1.54, 1.807) is 6.07 Å².